The minimum absolute atomic E-state index is 0.516. The van der Waals surface area contributed by atoms with Gasteiger partial charge in [-0.1, -0.05) is 62.4 Å². The van der Waals surface area contributed by atoms with Crippen LogP contribution in [0.4, 0.5) is 17.5 Å². The topological polar surface area (TPSA) is 53.9 Å². The highest BCUT2D eigenvalue weighted by Crippen LogP contribution is 2.25. The molecule has 0 atom stereocenters. The van der Waals surface area contributed by atoms with Crippen LogP contribution >= 0.6 is 0 Å². The van der Waals surface area contributed by atoms with E-state index in [4.69, 9.17) is 0 Å². The third kappa shape index (κ3) is 4.76. The first-order chi connectivity index (χ1) is 12.2. The molecule has 5 nitrogen and oxygen atoms in total. The molecule has 0 saturated heterocycles. The van der Waals surface area contributed by atoms with Crippen molar-refractivity contribution in [1.82, 2.24) is 15.2 Å². The van der Waals surface area contributed by atoms with Gasteiger partial charge in [0.25, 0.3) is 0 Å². The molecule has 0 saturated carbocycles. The molecule has 25 heavy (non-hydrogen) atoms. The van der Waals surface area contributed by atoms with Crippen molar-refractivity contribution in [2.45, 2.75) is 20.4 Å². The van der Waals surface area contributed by atoms with E-state index in [9.17, 15) is 0 Å². The first kappa shape index (κ1) is 16.9. The van der Waals surface area contributed by atoms with Gasteiger partial charge in [-0.2, -0.15) is 10.1 Å². The van der Waals surface area contributed by atoms with Crippen molar-refractivity contribution in [2.75, 3.05) is 16.8 Å². The van der Waals surface area contributed by atoms with Crippen molar-refractivity contribution < 1.29 is 0 Å². The van der Waals surface area contributed by atoms with Crippen molar-refractivity contribution in [2.24, 2.45) is 5.92 Å². The average Bonchev–Trinajstić information content (AvgIpc) is 2.66. The third-order valence-electron chi connectivity index (χ3n) is 3.74. The zero-order valence-corrected chi connectivity index (χ0v) is 14.6. The molecule has 0 bridgehead atoms. The molecule has 1 N–H and O–H groups in total. The summed E-state index contributed by atoms with van der Waals surface area (Å²) in [6, 6.07) is 20.6. The highest BCUT2D eigenvalue weighted by Gasteiger charge is 2.13. The molecular formula is C20H23N5. The highest BCUT2D eigenvalue weighted by molar-refractivity contribution is 5.60. The Morgan fingerprint density at radius 2 is 1.64 bits per heavy atom. The van der Waals surface area contributed by atoms with Gasteiger partial charge in [-0.15, -0.1) is 5.10 Å². The molecule has 0 radical (unpaired) electrons. The van der Waals surface area contributed by atoms with E-state index < -0.39 is 0 Å². The molecule has 0 fully saturated rings. The lowest BCUT2D eigenvalue weighted by Crippen LogP contribution is -2.19. The van der Waals surface area contributed by atoms with E-state index in [1.807, 2.05) is 36.4 Å². The number of nitrogens with zero attached hydrogens (tertiary/aromatic N) is 4. The van der Waals surface area contributed by atoms with Gasteiger partial charge in [0.15, 0.2) is 5.82 Å². The molecule has 3 rings (SSSR count). The minimum Gasteiger partial charge on any atom is -0.353 e. The van der Waals surface area contributed by atoms with E-state index in [-0.39, 0.29) is 0 Å². The van der Waals surface area contributed by atoms with Crippen LogP contribution in [0.5, 0.6) is 0 Å². The Morgan fingerprint density at radius 3 is 2.32 bits per heavy atom. The predicted octanol–water partition coefficient (Wildman–Crippen LogP) is 4.28. The summed E-state index contributed by atoms with van der Waals surface area (Å²) in [4.78, 5) is 6.80. The van der Waals surface area contributed by atoms with Crippen molar-refractivity contribution in [3.05, 3.63) is 72.4 Å². The zero-order chi connectivity index (χ0) is 17.5. The SMILES string of the molecule is CC(C)CNc1nncc(N(Cc2ccccc2)c2ccccc2)n1. The molecule has 5 heteroatoms. The first-order valence-corrected chi connectivity index (χ1v) is 8.52. The maximum atomic E-state index is 4.66. The summed E-state index contributed by atoms with van der Waals surface area (Å²) in [5, 5.41) is 11.5. The molecule has 0 aliphatic rings. The lowest BCUT2D eigenvalue weighted by Gasteiger charge is -2.24. The molecule has 1 heterocycles. The number of nitrogens with one attached hydrogen (secondary N) is 1. The second-order valence-electron chi connectivity index (χ2n) is 6.32. The van der Waals surface area contributed by atoms with Gasteiger partial charge in [0.2, 0.25) is 5.95 Å². The molecule has 0 aliphatic carbocycles. The Morgan fingerprint density at radius 1 is 0.960 bits per heavy atom. The molecule has 2 aromatic carbocycles. The molecule has 3 aromatic rings. The average molecular weight is 333 g/mol. The standard InChI is InChI=1S/C20H23N5/c1-16(2)13-21-20-23-19(14-22-24-20)25(18-11-7-4-8-12-18)15-17-9-5-3-6-10-17/h3-12,14,16H,13,15H2,1-2H3,(H,21,23,24). The summed E-state index contributed by atoms with van der Waals surface area (Å²) in [5.74, 6) is 1.85. The van der Waals surface area contributed by atoms with Gasteiger partial charge in [0.05, 0.1) is 6.20 Å². The lowest BCUT2D eigenvalue weighted by atomic mass is 10.2. The predicted molar refractivity (Wildman–Crippen MR) is 102 cm³/mol. The van der Waals surface area contributed by atoms with Gasteiger partial charge >= 0.3 is 0 Å². The van der Waals surface area contributed by atoms with Crippen molar-refractivity contribution in [3.8, 4) is 0 Å². The van der Waals surface area contributed by atoms with E-state index in [0.29, 0.717) is 18.4 Å². The Kier molecular flexibility index (Phi) is 5.57. The van der Waals surface area contributed by atoms with Crippen LogP contribution in [0.2, 0.25) is 0 Å². The number of benzene rings is 2. The van der Waals surface area contributed by atoms with Gasteiger partial charge in [0.1, 0.15) is 0 Å². The normalized spacial score (nSPS) is 10.7. The zero-order valence-electron chi connectivity index (χ0n) is 14.6. The molecule has 128 valence electrons. The smallest absolute Gasteiger partial charge is 0.244 e. The van der Waals surface area contributed by atoms with E-state index in [1.165, 1.54) is 5.56 Å². The van der Waals surface area contributed by atoms with Crippen LogP contribution in [-0.2, 0) is 6.54 Å². The Hall–Kier alpha value is -2.95. The van der Waals surface area contributed by atoms with Crippen LogP contribution < -0.4 is 10.2 Å². The quantitative estimate of drug-likeness (QED) is 0.699. The molecular weight excluding hydrogens is 310 g/mol. The summed E-state index contributed by atoms with van der Waals surface area (Å²) in [5.41, 5.74) is 2.28. The number of para-hydroxylation sites is 1. The van der Waals surface area contributed by atoms with Gasteiger partial charge < -0.3 is 10.2 Å². The fourth-order valence-corrected chi connectivity index (χ4v) is 2.47. The molecule has 0 aliphatic heterocycles. The second-order valence-corrected chi connectivity index (χ2v) is 6.32. The van der Waals surface area contributed by atoms with Crippen molar-refractivity contribution >= 4 is 17.5 Å². The van der Waals surface area contributed by atoms with E-state index in [2.05, 4.69) is 63.5 Å². The monoisotopic (exact) mass is 333 g/mol. The Labute approximate surface area is 148 Å². The van der Waals surface area contributed by atoms with Gasteiger partial charge in [-0.05, 0) is 23.6 Å². The van der Waals surface area contributed by atoms with E-state index >= 15 is 0 Å². The molecule has 0 spiro atoms. The molecule has 0 amide bonds. The number of hydrogen-bond acceptors (Lipinski definition) is 5. The van der Waals surface area contributed by atoms with Crippen molar-refractivity contribution in [3.63, 3.8) is 0 Å². The van der Waals surface area contributed by atoms with Gasteiger partial charge in [-0.25, -0.2) is 0 Å². The van der Waals surface area contributed by atoms with Crippen LogP contribution in [0.3, 0.4) is 0 Å². The van der Waals surface area contributed by atoms with Crippen molar-refractivity contribution in [1.29, 1.82) is 0 Å². The number of hydrogen-bond donors (Lipinski definition) is 1. The Bertz CT molecular complexity index is 774. The van der Waals surface area contributed by atoms with E-state index in [0.717, 1.165) is 18.1 Å². The maximum absolute atomic E-state index is 4.66. The highest BCUT2D eigenvalue weighted by atomic mass is 15.3. The fourth-order valence-electron chi connectivity index (χ4n) is 2.47. The first-order valence-electron chi connectivity index (χ1n) is 8.52. The van der Waals surface area contributed by atoms with Gasteiger partial charge in [0, 0.05) is 18.8 Å². The number of rotatable bonds is 7. The second kappa shape index (κ2) is 8.24. The van der Waals surface area contributed by atoms with Crippen LogP contribution in [0.15, 0.2) is 66.9 Å². The number of anilines is 3. The summed E-state index contributed by atoms with van der Waals surface area (Å²) < 4.78 is 0. The maximum Gasteiger partial charge on any atom is 0.244 e. The van der Waals surface area contributed by atoms with Crippen LogP contribution in [0, 0.1) is 5.92 Å². The Balaban J connectivity index is 1.90. The fraction of sp³-hybridized carbons (Fsp3) is 0.250. The van der Waals surface area contributed by atoms with Gasteiger partial charge in [-0.3, -0.25) is 0 Å². The third-order valence-corrected chi connectivity index (χ3v) is 3.74. The lowest BCUT2D eigenvalue weighted by molar-refractivity contribution is 0.682. The summed E-state index contributed by atoms with van der Waals surface area (Å²) in [7, 11) is 0. The number of aromatic nitrogens is 3. The summed E-state index contributed by atoms with van der Waals surface area (Å²) in [6.07, 6.45) is 1.70. The minimum atomic E-state index is 0.516. The van der Waals surface area contributed by atoms with Crippen LogP contribution in [0.25, 0.3) is 0 Å². The molecule has 1 aromatic heterocycles. The van der Waals surface area contributed by atoms with E-state index in [1.54, 1.807) is 6.20 Å². The molecule has 0 unspecified atom stereocenters. The largest absolute Gasteiger partial charge is 0.353 e. The summed E-state index contributed by atoms with van der Waals surface area (Å²) in [6.45, 7) is 5.83. The van der Waals surface area contributed by atoms with Crippen LogP contribution in [0.1, 0.15) is 19.4 Å². The summed E-state index contributed by atoms with van der Waals surface area (Å²) >= 11 is 0. The van der Waals surface area contributed by atoms with Crippen LogP contribution in [-0.4, -0.2) is 21.7 Å².